The molecule has 2 amide bonds. The second kappa shape index (κ2) is 5.59. The van der Waals surface area contributed by atoms with Gasteiger partial charge in [-0.3, -0.25) is 14.9 Å². The van der Waals surface area contributed by atoms with Gasteiger partial charge in [-0.05, 0) is 30.8 Å². The van der Waals surface area contributed by atoms with Gasteiger partial charge in [0.2, 0.25) is 11.8 Å². The Bertz CT molecular complexity index is 475. The first-order valence-corrected chi connectivity index (χ1v) is 6.02. The van der Waals surface area contributed by atoms with Crippen molar-refractivity contribution in [1.29, 1.82) is 0 Å². The fraction of sp³-hybridized carbons (Fsp3) is 0.250. The minimum absolute atomic E-state index is 0.236. The van der Waals surface area contributed by atoms with Crippen LogP contribution in [0.25, 0.3) is 0 Å². The average Bonchev–Trinajstić information content (AvgIpc) is 2.34. The number of amides is 2. The van der Waals surface area contributed by atoms with Crippen LogP contribution in [0.1, 0.15) is 12.8 Å². The maximum Gasteiger partial charge on any atom is 0.249 e. The predicted molar refractivity (Wildman–Crippen MR) is 72.0 cm³/mol. The molecule has 1 saturated heterocycles. The van der Waals surface area contributed by atoms with Crippen LogP contribution in [0.3, 0.4) is 0 Å². The van der Waals surface area contributed by atoms with Crippen molar-refractivity contribution < 1.29 is 9.59 Å². The quantitative estimate of drug-likeness (QED) is 0.543. The SMILES string of the molecule is O=C1CCC(NC(=S)Nc2ccccc2)C(=O)N1. The number of rotatable bonds is 2. The lowest BCUT2D eigenvalue weighted by molar-refractivity contribution is -0.134. The summed E-state index contributed by atoms with van der Waals surface area (Å²) in [6.07, 6.45) is 0.790. The summed E-state index contributed by atoms with van der Waals surface area (Å²) < 4.78 is 0. The second-order valence-corrected chi connectivity index (χ2v) is 4.38. The molecule has 1 heterocycles. The monoisotopic (exact) mass is 263 g/mol. The van der Waals surface area contributed by atoms with Gasteiger partial charge in [-0.25, -0.2) is 0 Å². The lowest BCUT2D eigenvalue weighted by Crippen LogP contribution is -2.53. The minimum Gasteiger partial charge on any atom is -0.351 e. The molecule has 0 aromatic heterocycles. The molecule has 1 fully saturated rings. The molecule has 1 aromatic rings. The molecule has 1 aliphatic heterocycles. The van der Waals surface area contributed by atoms with Crippen LogP contribution in [-0.4, -0.2) is 23.0 Å². The Labute approximate surface area is 110 Å². The summed E-state index contributed by atoms with van der Waals surface area (Å²) in [5.74, 6) is -0.566. The van der Waals surface area contributed by atoms with Crippen LogP contribution in [0.5, 0.6) is 0 Å². The van der Waals surface area contributed by atoms with Crippen LogP contribution in [0.2, 0.25) is 0 Å². The number of anilines is 1. The van der Waals surface area contributed by atoms with Gasteiger partial charge < -0.3 is 10.6 Å². The van der Waals surface area contributed by atoms with E-state index in [1.165, 1.54) is 0 Å². The van der Waals surface area contributed by atoms with Crippen molar-refractivity contribution in [2.45, 2.75) is 18.9 Å². The first-order valence-electron chi connectivity index (χ1n) is 5.61. The molecule has 2 rings (SSSR count). The summed E-state index contributed by atoms with van der Waals surface area (Å²) in [6.45, 7) is 0. The van der Waals surface area contributed by atoms with E-state index in [0.29, 0.717) is 18.0 Å². The van der Waals surface area contributed by atoms with Gasteiger partial charge in [0.25, 0.3) is 0 Å². The van der Waals surface area contributed by atoms with Crippen molar-refractivity contribution in [2.75, 3.05) is 5.32 Å². The van der Waals surface area contributed by atoms with Gasteiger partial charge in [-0.2, -0.15) is 0 Å². The van der Waals surface area contributed by atoms with Crippen LogP contribution in [0, 0.1) is 0 Å². The summed E-state index contributed by atoms with van der Waals surface area (Å²) in [5, 5.41) is 8.51. The molecule has 0 bridgehead atoms. The summed E-state index contributed by atoms with van der Waals surface area (Å²) in [7, 11) is 0. The van der Waals surface area contributed by atoms with E-state index in [1.54, 1.807) is 0 Å². The molecule has 1 aliphatic rings. The van der Waals surface area contributed by atoms with Crippen LogP contribution >= 0.6 is 12.2 Å². The number of piperidine rings is 1. The van der Waals surface area contributed by atoms with Gasteiger partial charge in [0.1, 0.15) is 6.04 Å². The average molecular weight is 263 g/mol. The molecule has 0 spiro atoms. The minimum atomic E-state index is -0.452. The van der Waals surface area contributed by atoms with E-state index in [2.05, 4.69) is 16.0 Å². The number of imide groups is 1. The normalized spacial score (nSPS) is 19.0. The molecular formula is C12H13N3O2S. The maximum atomic E-state index is 11.5. The molecule has 0 radical (unpaired) electrons. The van der Waals surface area contributed by atoms with E-state index in [-0.39, 0.29) is 11.8 Å². The zero-order valence-corrected chi connectivity index (χ0v) is 10.4. The molecule has 1 atom stereocenters. The number of carbonyl (C=O) groups is 2. The van der Waals surface area contributed by atoms with Crippen molar-refractivity contribution in [2.24, 2.45) is 0 Å². The molecule has 1 aromatic carbocycles. The van der Waals surface area contributed by atoms with E-state index >= 15 is 0 Å². The van der Waals surface area contributed by atoms with Gasteiger partial charge in [-0.15, -0.1) is 0 Å². The maximum absolute atomic E-state index is 11.5. The predicted octanol–water partition coefficient (Wildman–Crippen LogP) is 0.778. The molecule has 0 saturated carbocycles. The first kappa shape index (κ1) is 12.5. The fourth-order valence-corrected chi connectivity index (χ4v) is 1.94. The van der Waals surface area contributed by atoms with Crippen molar-refractivity contribution in [3.63, 3.8) is 0 Å². The number of hydrogen-bond acceptors (Lipinski definition) is 3. The number of benzene rings is 1. The fourth-order valence-electron chi connectivity index (χ4n) is 1.68. The van der Waals surface area contributed by atoms with Crippen LogP contribution in [-0.2, 0) is 9.59 Å². The molecular weight excluding hydrogens is 250 g/mol. The van der Waals surface area contributed by atoms with E-state index in [4.69, 9.17) is 12.2 Å². The topological polar surface area (TPSA) is 70.2 Å². The van der Waals surface area contributed by atoms with E-state index in [1.807, 2.05) is 30.3 Å². The van der Waals surface area contributed by atoms with Crippen molar-refractivity contribution >= 4 is 34.8 Å². The highest BCUT2D eigenvalue weighted by atomic mass is 32.1. The van der Waals surface area contributed by atoms with Gasteiger partial charge in [-0.1, -0.05) is 18.2 Å². The van der Waals surface area contributed by atoms with Crippen molar-refractivity contribution in [3.05, 3.63) is 30.3 Å². The molecule has 18 heavy (non-hydrogen) atoms. The van der Waals surface area contributed by atoms with Crippen LogP contribution < -0.4 is 16.0 Å². The highest BCUT2D eigenvalue weighted by Gasteiger charge is 2.26. The van der Waals surface area contributed by atoms with E-state index in [0.717, 1.165) is 5.69 Å². The Morgan fingerprint density at radius 3 is 2.67 bits per heavy atom. The largest absolute Gasteiger partial charge is 0.351 e. The summed E-state index contributed by atoms with van der Waals surface area (Å²) in [4.78, 5) is 22.5. The second-order valence-electron chi connectivity index (χ2n) is 3.97. The Morgan fingerprint density at radius 2 is 2.00 bits per heavy atom. The highest BCUT2D eigenvalue weighted by molar-refractivity contribution is 7.80. The zero-order valence-electron chi connectivity index (χ0n) is 9.60. The molecule has 1 unspecified atom stereocenters. The van der Waals surface area contributed by atoms with Gasteiger partial charge >= 0.3 is 0 Å². The lowest BCUT2D eigenvalue weighted by Gasteiger charge is -2.23. The van der Waals surface area contributed by atoms with Crippen LogP contribution in [0.15, 0.2) is 30.3 Å². The summed E-state index contributed by atoms with van der Waals surface area (Å²) in [5.41, 5.74) is 0.849. The Hall–Kier alpha value is -1.95. The number of para-hydroxylation sites is 1. The van der Waals surface area contributed by atoms with Gasteiger partial charge in [0.15, 0.2) is 5.11 Å². The van der Waals surface area contributed by atoms with E-state index < -0.39 is 6.04 Å². The smallest absolute Gasteiger partial charge is 0.249 e. The molecule has 94 valence electrons. The summed E-state index contributed by atoms with van der Waals surface area (Å²) >= 11 is 5.11. The third kappa shape index (κ3) is 3.27. The third-order valence-corrected chi connectivity index (χ3v) is 2.80. The Kier molecular flexibility index (Phi) is 3.88. The Balaban J connectivity index is 1.88. The molecule has 3 N–H and O–H groups in total. The number of carbonyl (C=O) groups excluding carboxylic acids is 2. The molecule has 5 nitrogen and oxygen atoms in total. The molecule has 0 aliphatic carbocycles. The lowest BCUT2D eigenvalue weighted by atomic mass is 10.1. The highest BCUT2D eigenvalue weighted by Crippen LogP contribution is 2.07. The van der Waals surface area contributed by atoms with Crippen molar-refractivity contribution in [1.82, 2.24) is 10.6 Å². The number of nitrogens with one attached hydrogen (secondary N) is 3. The van der Waals surface area contributed by atoms with Gasteiger partial charge in [0.05, 0.1) is 0 Å². The third-order valence-electron chi connectivity index (χ3n) is 2.58. The standard InChI is InChI=1S/C12H13N3O2S/c16-10-7-6-9(11(17)15-10)14-12(18)13-8-4-2-1-3-5-8/h1-5,9H,6-7H2,(H2,13,14,18)(H,15,16,17). The number of hydrogen-bond donors (Lipinski definition) is 3. The van der Waals surface area contributed by atoms with Crippen molar-refractivity contribution in [3.8, 4) is 0 Å². The molecule has 6 heteroatoms. The zero-order chi connectivity index (χ0) is 13.0. The van der Waals surface area contributed by atoms with Crippen LogP contribution in [0.4, 0.5) is 5.69 Å². The first-order chi connectivity index (χ1) is 8.65. The van der Waals surface area contributed by atoms with E-state index in [9.17, 15) is 9.59 Å². The summed E-state index contributed by atoms with van der Waals surface area (Å²) in [6, 6.07) is 8.97. The Morgan fingerprint density at radius 1 is 1.28 bits per heavy atom. The number of thiocarbonyl (C=S) groups is 1. The van der Waals surface area contributed by atoms with Gasteiger partial charge in [0, 0.05) is 12.1 Å².